The molecule has 0 N–H and O–H groups in total. The number of hydrogen-bond acceptors (Lipinski definition) is 3. The average molecular weight is 348 g/mol. The highest BCUT2D eigenvalue weighted by Crippen LogP contribution is 2.35. The maximum absolute atomic E-state index is 12.5. The van der Waals surface area contributed by atoms with E-state index in [1.807, 2.05) is 0 Å². The molecule has 0 spiro atoms. The van der Waals surface area contributed by atoms with E-state index in [9.17, 15) is 8.42 Å². The minimum absolute atomic E-state index is 0.107. The molecular weight excluding hydrogens is 329 g/mol. The maximum Gasteiger partial charge on any atom is 0.181 e. The molecule has 3 nitrogen and oxygen atoms in total. The van der Waals surface area contributed by atoms with Crippen LogP contribution in [0.2, 0.25) is 10.0 Å². The van der Waals surface area contributed by atoms with E-state index in [-0.39, 0.29) is 15.7 Å². The number of halogens is 2. The number of benzene rings is 1. The fraction of sp³-hybridized carbons (Fsp3) is 0.600. The summed E-state index contributed by atoms with van der Waals surface area (Å²) in [6.07, 6.45) is 4.97. The molecule has 0 unspecified atom stereocenters. The van der Waals surface area contributed by atoms with Gasteiger partial charge in [0, 0.05) is 24.2 Å². The third-order valence-electron chi connectivity index (χ3n) is 4.13. The van der Waals surface area contributed by atoms with Crippen LogP contribution in [0.1, 0.15) is 25.7 Å². The molecule has 0 saturated heterocycles. The van der Waals surface area contributed by atoms with Gasteiger partial charge in [-0.15, -0.1) is 0 Å². The lowest BCUT2D eigenvalue weighted by Crippen LogP contribution is -2.33. The van der Waals surface area contributed by atoms with Crippen LogP contribution in [0.15, 0.2) is 23.1 Å². The number of hydrogen-bond donors (Lipinski definition) is 0. The van der Waals surface area contributed by atoms with E-state index in [2.05, 4.69) is 4.90 Å². The van der Waals surface area contributed by atoms with Crippen molar-refractivity contribution >= 4 is 33.0 Å². The molecule has 0 amide bonds. The molecule has 2 aliphatic carbocycles. The van der Waals surface area contributed by atoms with Crippen molar-refractivity contribution in [2.24, 2.45) is 5.92 Å². The van der Waals surface area contributed by atoms with Gasteiger partial charge in [-0.1, -0.05) is 23.2 Å². The van der Waals surface area contributed by atoms with Gasteiger partial charge in [0.25, 0.3) is 0 Å². The Balaban J connectivity index is 1.68. The molecule has 21 heavy (non-hydrogen) atoms. The predicted octanol–water partition coefficient (Wildman–Crippen LogP) is 3.64. The summed E-state index contributed by atoms with van der Waals surface area (Å²) in [4.78, 5) is 2.49. The van der Waals surface area contributed by atoms with Crippen LogP contribution >= 0.6 is 23.2 Å². The van der Waals surface area contributed by atoms with Gasteiger partial charge < -0.3 is 0 Å². The van der Waals surface area contributed by atoms with E-state index in [0.29, 0.717) is 17.6 Å². The molecule has 1 aromatic carbocycles. The third kappa shape index (κ3) is 4.13. The molecule has 116 valence electrons. The summed E-state index contributed by atoms with van der Waals surface area (Å²) in [6.45, 7) is 1.63. The van der Waals surface area contributed by atoms with Crippen molar-refractivity contribution < 1.29 is 8.42 Å². The first kappa shape index (κ1) is 15.6. The Labute approximate surface area is 136 Å². The lowest BCUT2D eigenvalue weighted by molar-refractivity contribution is 0.267. The third-order valence-corrected chi connectivity index (χ3v) is 6.53. The van der Waals surface area contributed by atoms with E-state index < -0.39 is 9.84 Å². The van der Waals surface area contributed by atoms with Crippen molar-refractivity contribution in [3.05, 3.63) is 28.2 Å². The van der Waals surface area contributed by atoms with E-state index in [4.69, 9.17) is 23.2 Å². The minimum Gasteiger partial charge on any atom is -0.299 e. The van der Waals surface area contributed by atoms with Crippen LogP contribution in [0, 0.1) is 5.92 Å². The molecule has 1 aromatic rings. The summed E-state index contributed by atoms with van der Waals surface area (Å²) in [5, 5.41) is 0.648. The summed E-state index contributed by atoms with van der Waals surface area (Å²) in [5.41, 5.74) is 0. The predicted molar refractivity (Wildman–Crippen MR) is 85.8 cm³/mol. The normalized spacial score (nSPS) is 19.2. The summed E-state index contributed by atoms with van der Waals surface area (Å²) >= 11 is 11.9. The van der Waals surface area contributed by atoms with Gasteiger partial charge >= 0.3 is 0 Å². The van der Waals surface area contributed by atoms with E-state index in [0.717, 1.165) is 12.5 Å². The smallest absolute Gasteiger partial charge is 0.181 e. The first-order valence-electron chi connectivity index (χ1n) is 7.37. The zero-order valence-corrected chi connectivity index (χ0v) is 14.1. The van der Waals surface area contributed by atoms with Crippen LogP contribution in [-0.2, 0) is 9.84 Å². The highest BCUT2D eigenvalue weighted by atomic mass is 35.5. The van der Waals surface area contributed by atoms with Crippen molar-refractivity contribution in [2.45, 2.75) is 36.6 Å². The standard InChI is InChI=1S/C15H19Cl2NO2S/c16-12-3-6-14(17)15(9-12)21(19,20)8-7-18(13-4-5-13)10-11-1-2-11/h3,6,9,11,13H,1-2,4-5,7-8,10H2. The molecule has 0 aliphatic heterocycles. The number of sulfone groups is 1. The molecule has 0 radical (unpaired) electrons. The summed E-state index contributed by atoms with van der Waals surface area (Å²) in [6, 6.07) is 5.18. The van der Waals surface area contributed by atoms with Crippen LogP contribution in [0.25, 0.3) is 0 Å². The van der Waals surface area contributed by atoms with Gasteiger partial charge in [0.15, 0.2) is 9.84 Å². The molecule has 0 heterocycles. The molecule has 0 atom stereocenters. The molecule has 0 bridgehead atoms. The topological polar surface area (TPSA) is 37.4 Å². The lowest BCUT2D eigenvalue weighted by atomic mass is 10.3. The first-order valence-corrected chi connectivity index (χ1v) is 9.78. The van der Waals surface area contributed by atoms with E-state index in [1.54, 1.807) is 12.1 Å². The molecule has 2 fully saturated rings. The lowest BCUT2D eigenvalue weighted by Gasteiger charge is -2.21. The fourth-order valence-electron chi connectivity index (χ4n) is 2.56. The maximum atomic E-state index is 12.5. The van der Waals surface area contributed by atoms with Crippen LogP contribution in [0.3, 0.4) is 0 Å². The SMILES string of the molecule is O=S(=O)(CCN(CC1CC1)C1CC1)c1cc(Cl)ccc1Cl. The monoisotopic (exact) mass is 347 g/mol. The average Bonchev–Trinajstić information content (AvgIpc) is 3.29. The van der Waals surface area contributed by atoms with E-state index in [1.165, 1.54) is 31.7 Å². The Kier molecular flexibility index (Phi) is 4.51. The molecule has 0 aromatic heterocycles. The Morgan fingerprint density at radius 2 is 1.86 bits per heavy atom. The summed E-state index contributed by atoms with van der Waals surface area (Å²) in [7, 11) is -3.39. The van der Waals surface area contributed by atoms with Crippen LogP contribution in [0.5, 0.6) is 0 Å². The number of nitrogens with zero attached hydrogens (tertiary/aromatic N) is 1. The molecule has 6 heteroatoms. The van der Waals surface area contributed by atoms with Gasteiger partial charge in [0.2, 0.25) is 0 Å². The van der Waals surface area contributed by atoms with Crippen molar-refractivity contribution in [1.29, 1.82) is 0 Å². The van der Waals surface area contributed by atoms with Crippen molar-refractivity contribution in [3.8, 4) is 0 Å². The summed E-state index contributed by atoms with van der Waals surface area (Å²) < 4.78 is 25.0. The van der Waals surface area contributed by atoms with Crippen LogP contribution in [-0.4, -0.2) is 38.2 Å². The van der Waals surface area contributed by atoms with Crippen LogP contribution < -0.4 is 0 Å². The Bertz CT molecular complexity index is 625. The fourth-order valence-corrected chi connectivity index (χ4v) is 4.63. The first-order chi connectivity index (χ1) is 9.95. The molecule has 2 aliphatic rings. The highest BCUT2D eigenvalue weighted by Gasteiger charge is 2.34. The zero-order valence-electron chi connectivity index (χ0n) is 11.8. The molecule has 2 saturated carbocycles. The Morgan fingerprint density at radius 3 is 2.48 bits per heavy atom. The number of rotatable bonds is 7. The van der Waals surface area contributed by atoms with Gasteiger partial charge in [-0.3, -0.25) is 4.90 Å². The Hall–Kier alpha value is -0.290. The van der Waals surface area contributed by atoms with Gasteiger partial charge in [-0.2, -0.15) is 0 Å². The highest BCUT2D eigenvalue weighted by molar-refractivity contribution is 7.91. The molecular formula is C15H19Cl2NO2S. The largest absolute Gasteiger partial charge is 0.299 e. The molecule has 3 rings (SSSR count). The minimum atomic E-state index is -3.39. The summed E-state index contributed by atoms with van der Waals surface area (Å²) in [5.74, 6) is 0.888. The Morgan fingerprint density at radius 1 is 1.14 bits per heavy atom. The van der Waals surface area contributed by atoms with Gasteiger partial charge in [-0.05, 0) is 49.8 Å². The quantitative estimate of drug-likeness (QED) is 0.755. The van der Waals surface area contributed by atoms with Gasteiger partial charge in [0.1, 0.15) is 0 Å². The zero-order chi connectivity index (χ0) is 15.0. The van der Waals surface area contributed by atoms with Crippen molar-refractivity contribution in [3.63, 3.8) is 0 Å². The second-order valence-corrected chi connectivity index (χ2v) is 8.98. The van der Waals surface area contributed by atoms with Crippen molar-refractivity contribution in [1.82, 2.24) is 4.90 Å². The van der Waals surface area contributed by atoms with Gasteiger partial charge in [0.05, 0.1) is 15.7 Å². The second kappa shape index (κ2) is 6.07. The second-order valence-electron chi connectivity index (χ2n) is 6.06. The van der Waals surface area contributed by atoms with Gasteiger partial charge in [-0.25, -0.2) is 8.42 Å². The van der Waals surface area contributed by atoms with Crippen molar-refractivity contribution in [2.75, 3.05) is 18.8 Å². The van der Waals surface area contributed by atoms with E-state index >= 15 is 0 Å². The van der Waals surface area contributed by atoms with Crippen LogP contribution in [0.4, 0.5) is 0 Å².